The molecule has 1 amide bonds. The second-order valence-electron chi connectivity index (χ2n) is 5.62. The zero-order valence-electron chi connectivity index (χ0n) is 14.2. The second kappa shape index (κ2) is 7.16. The van der Waals surface area contributed by atoms with Crippen LogP contribution in [0.2, 0.25) is 0 Å². The van der Waals surface area contributed by atoms with Gasteiger partial charge in [-0.2, -0.15) is 0 Å². The van der Waals surface area contributed by atoms with Crippen molar-refractivity contribution in [1.29, 1.82) is 0 Å². The van der Waals surface area contributed by atoms with Gasteiger partial charge in [0.15, 0.2) is 11.5 Å². The molecule has 3 heterocycles. The van der Waals surface area contributed by atoms with E-state index >= 15 is 0 Å². The number of amides is 1. The highest BCUT2D eigenvalue weighted by Gasteiger charge is 2.23. The highest BCUT2D eigenvalue weighted by Crippen LogP contribution is 2.19. The monoisotopic (exact) mass is 342 g/mol. The van der Waals surface area contributed by atoms with E-state index in [1.807, 2.05) is 26.0 Å². The summed E-state index contributed by atoms with van der Waals surface area (Å²) in [5.74, 6) is 0.792. The third kappa shape index (κ3) is 3.85. The van der Waals surface area contributed by atoms with E-state index in [4.69, 9.17) is 13.8 Å². The summed E-state index contributed by atoms with van der Waals surface area (Å²) in [6.07, 6.45) is 3.10. The molecule has 0 radical (unpaired) electrons. The van der Waals surface area contributed by atoms with Crippen molar-refractivity contribution in [3.8, 4) is 5.75 Å². The predicted molar refractivity (Wildman–Crippen MR) is 86.8 cm³/mol. The SMILES string of the molecule is Cc1ccc(OCc2cc(C(=O)N(C)[C@@H](C)c3ccon3)no2)cn1. The first-order valence-electron chi connectivity index (χ1n) is 7.73. The Labute approximate surface area is 144 Å². The summed E-state index contributed by atoms with van der Waals surface area (Å²) in [7, 11) is 1.67. The van der Waals surface area contributed by atoms with Crippen LogP contribution in [0.1, 0.15) is 40.6 Å². The van der Waals surface area contributed by atoms with Gasteiger partial charge in [0.1, 0.15) is 24.3 Å². The lowest BCUT2D eigenvalue weighted by Crippen LogP contribution is -2.30. The Hall–Kier alpha value is -3.16. The number of hydrogen-bond donors (Lipinski definition) is 0. The number of aryl methyl sites for hydroxylation is 1. The third-order valence-corrected chi connectivity index (χ3v) is 3.83. The molecule has 0 aliphatic carbocycles. The Morgan fingerprint density at radius 3 is 2.84 bits per heavy atom. The predicted octanol–water partition coefficient (Wildman–Crippen LogP) is 2.78. The number of carbonyl (C=O) groups is 1. The average Bonchev–Trinajstić information content (AvgIpc) is 3.31. The molecule has 0 saturated heterocycles. The van der Waals surface area contributed by atoms with E-state index in [0.29, 0.717) is 17.2 Å². The summed E-state index contributed by atoms with van der Waals surface area (Å²) in [6, 6.07) is 6.70. The van der Waals surface area contributed by atoms with E-state index in [1.54, 1.807) is 25.4 Å². The van der Waals surface area contributed by atoms with Crippen LogP contribution in [0.25, 0.3) is 0 Å². The normalized spacial score (nSPS) is 12.0. The molecule has 3 rings (SSSR count). The van der Waals surface area contributed by atoms with Gasteiger partial charge in [0.2, 0.25) is 0 Å². The minimum absolute atomic E-state index is 0.160. The van der Waals surface area contributed by atoms with Gasteiger partial charge in [0, 0.05) is 24.9 Å². The molecule has 8 heteroatoms. The molecule has 0 unspecified atom stereocenters. The molecule has 0 aliphatic heterocycles. The molecule has 3 aromatic rings. The van der Waals surface area contributed by atoms with Gasteiger partial charge in [-0.25, -0.2) is 0 Å². The summed E-state index contributed by atoms with van der Waals surface area (Å²) in [6.45, 7) is 3.91. The van der Waals surface area contributed by atoms with Crippen molar-refractivity contribution in [2.24, 2.45) is 0 Å². The molecule has 0 spiro atoms. The fourth-order valence-electron chi connectivity index (χ4n) is 2.17. The standard InChI is InChI=1S/C17H18N4O4/c1-11-4-5-13(9-18-11)23-10-14-8-16(20-25-14)17(22)21(3)12(2)15-6-7-24-19-15/h4-9,12H,10H2,1-3H3/t12-/m0/s1. The van der Waals surface area contributed by atoms with Crippen LogP contribution < -0.4 is 4.74 Å². The lowest BCUT2D eigenvalue weighted by molar-refractivity contribution is 0.0727. The molecule has 1 atom stereocenters. The molecule has 0 N–H and O–H groups in total. The number of hydrogen-bond acceptors (Lipinski definition) is 7. The number of carbonyl (C=O) groups excluding carboxylic acids is 1. The Balaban J connectivity index is 1.62. The van der Waals surface area contributed by atoms with Crippen molar-refractivity contribution >= 4 is 5.91 Å². The maximum Gasteiger partial charge on any atom is 0.276 e. The molecular weight excluding hydrogens is 324 g/mol. The van der Waals surface area contributed by atoms with Gasteiger partial charge >= 0.3 is 0 Å². The zero-order valence-corrected chi connectivity index (χ0v) is 14.2. The minimum atomic E-state index is -0.275. The van der Waals surface area contributed by atoms with Crippen molar-refractivity contribution in [3.05, 3.63) is 59.6 Å². The summed E-state index contributed by atoms with van der Waals surface area (Å²) in [5, 5.41) is 7.67. The van der Waals surface area contributed by atoms with E-state index < -0.39 is 0 Å². The molecule has 0 bridgehead atoms. The van der Waals surface area contributed by atoms with Crippen molar-refractivity contribution in [3.63, 3.8) is 0 Å². The molecule has 25 heavy (non-hydrogen) atoms. The van der Waals surface area contributed by atoms with Gasteiger partial charge in [-0.15, -0.1) is 0 Å². The van der Waals surface area contributed by atoms with Crippen LogP contribution in [-0.4, -0.2) is 33.2 Å². The maximum atomic E-state index is 12.5. The number of pyridine rings is 1. The fourth-order valence-corrected chi connectivity index (χ4v) is 2.17. The van der Waals surface area contributed by atoms with Crippen LogP contribution in [-0.2, 0) is 6.61 Å². The van der Waals surface area contributed by atoms with E-state index in [0.717, 1.165) is 5.69 Å². The summed E-state index contributed by atoms with van der Waals surface area (Å²) in [4.78, 5) is 18.2. The number of rotatable bonds is 6. The first-order chi connectivity index (χ1) is 12.0. The van der Waals surface area contributed by atoms with Gasteiger partial charge in [0.25, 0.3) is 5.91 Å². The lowest BCUT2D eigenvalue weighted by Gasteiger charge is -2.21. The second-order valence-corrected chi connectivity index (χ2v) is 5.62. The summed E-state index contributed by atoms with van der Waals surface area (Å²) < 4.78 is 15.6. The smallest absolute Gasteiger partial charge is 0.276 e. The van der Waals surface area contributed by atoms with Crippen LogP contribution in [0.4, 0.5) is 0 Å². The van der Waals surface area contributed by atoms with Crippen molar-refractivity contribution < 1.29 is 18.6 Å². The van der Waals surface area contributed by atoms with Gasteiger partial charge in [0.05, 0.1) is 12.2 Å². The van der Waals surface area contributed by atoms with Gasteiger partial charge in [-0.05, 0) is 26.0 Å². The van der Waals surface area contributed by atoms with Crippen LogP contribution >= 0.6 is 0 Å². The molecule has 3 aromatic heterocycles. The number of ether oxygens (including phenoxy) is 1. The average molecular weight is 342 g/mol. The Kier molecular flexibility index (Phi) is 4.78. The Morgan fingerprint density at radius 2 is 2.16 bits per heavy atom. The van der Waals surface area contributed by atoms with Gasteiger partial charge in [-0.3, -0.25) is 9.78 Å². The Bertz CT molecular complexity index is 827. The molecule has 0 fully saturated rings. The maximum absolute atomic E-state index is 12.5. The highest BCUT2D eigenvalue weighted by atomic mass is 16.5. The van der Waals surface area contributed by atoms with E-state index in [1.165, 1.54) is 11.2 Å². The third-order valence-electron chi connectivity index (χ3n) is 3.83. The molecule has 130 valence electrons. The van der Waals surface area contributed by atoms with Crippen LogP contribution in [0.5, 0.6) is 5.75 Å². The minimum Gasteiger partial charge on any atom is -0.484 e. The first kappa shape index (κ1) is 16.7. The fraction of sp³-hybridized carbons (Fsp3) is 0.294. The van der Waals surface area contributed by atoms with Crippen molar-refractivity contribution in [2.45, 2.75) is 26.5 Å². The molecule has 0 saturated carbocycles. The molecular formula is C17H18N4O4. The highest BCUT2D eigenvalue weighted by molar-refractivity contribution is 5.92. The number of aromatic nitrogens is 3. The lowest BCUT2D eigenvalue weighted by atomic mass is 10.2. The number of nitrogens with zero attached hydrogens (tertiary/aromatic N) is 4. The van der Waals surface area contributed by atoms with Gasteiger partial charge in [-0.1, -0.05) is 10.3 Å². The van der Waals surface area contributed by atoms with Crippen LogP contribution in [0.15, 0.2) is 45.8 Å². The van der Waals surface area contributed by atoms with Crippen LogP contribution in [0.3, 0.4) is 0 Å². The van der Waals surface area contributed by atoms with Crippen LogP contribution in [0, 0.1) is 6.92 Å². The van der Waals surface area contributed by atoms with Crippen molar-refractivity contribution in [1.82, 2.24) is 20.2 Å². The topological polar surface area (TPSA) is 94.5 Å². The first-order valence-corrected chi connectivity index (χ1v) is 7.73. The Morgan fingerprint density at radius 1 is 1.32 bits per heavy atom. The summed E-state index contributed by atoms with van der Waals surface area (Å²) >= 11 is 0. The van der Waals surface area contributed by atoms with E-state index in [9.17, 15) is 4.79 Å². The summed E-state index contributed by atoms with van der Waals surface area (Å²) in [5.41, 5.74) is 1.78. The van der Waals surface area contributed by atoms with E-state index in [2.05, 4.69) is 15.3 Å². The quantitative estimate of drug-likeness (QED) is 0.679. The van der Waals surface area contributed by atoms with Gasteiger partial charge < -0.3 is 18.7 Å². The molecule has 8 nitrogen and oxygen atoms in total. The molecule has 0 aromatic carbocycles. The molecule has 0 aliphatic rings. The van der Waals surface area contributed by atoms with Crippen molar-refractivity contribution in [2.75, 3.05) is 7.05 Å². The van der Waals surface area contributed by atoms with E-state index in [-0.39, 0.29) is 24.2 Å². The largest absolute Gasteiger partial charge is 0.484 e. The zero-order chi connectivity index (χ0) is 17.8.